The molecule has 0 aliphatic carbocycles. The average Bonchev–Trinajstić information content (AvgIpc) is 2.89. The SMILES string of the molecule is COCCNCc1c(Cl)cccc1-n1ccnc1. The molecule has 0 unspecified atom stereocenters. The highest BCUT2D eigenvalue weighted by Crippen LogP contribution is 2.22. The van der Waals surface area contributed by atoms with Crippen molar-refractivity contribution in [2.45, 2.75) is 6.54 Å². The molecule has 0 fully saturated rings. The summed E-state index contributed by atoms with van der Waals surface area (Å²) in [5.74, 6) is 0. The summed E-state index contributed by atoms with van der Waals surface area (Å²) in [4.78, 5) is 4.06. The molecule has 5 heteroatoms. The van der Waals surface area contributed by atoms with Gasteiger partial charge in [-0.15, -0.1) is 0 Å². The van der Waals surface area contributed by atoms with Crippen LogP contribution in [0.2, 0.25) is 5.02 Å². The van der Waals surface area contributed by atoms with E-state index in [-0.39, 0.29) is 0 Å². The van der Waals surface area contributed by atoms with E-state index in [1.807, 2.05) is 29.0 Å². The molecule has 0 aliphatic heterocycles. The molecule has 0 atom stereocenters. The van der Waals surface area contributed by atoms with Gasteiger partial charge in [0.15, 0.2) is 0 Å². The summed E-state index contributed by atoms with van der Waals surface area (Å²) < 4.78 is 6.96. The van der Waals surface area contributed by atoms with Crippen LogP contribution in [0.5, 0.6) is 0 Å². The molecule has 0 bridgehead atoms. The van der Waals surface area contributed by atoms with Crippen molar-refractivity contribution in [1.82, 2.24) is 14.9 Å². The lowest BCUT2D eigenvalue weighted by Gasteiger charge is -2.12. The molecule has 4 nitrogen and oxygen atoms in total. The zero-order valence-electron chi connectivity index (χ0n) is 10.3. The molecule has 0 saturated carbocycles. The van der Waals surface area contributed by atoms with Crippen LogP contribution < -0.4 is 5.32 Å². The Balaban J connectivity index is 2.17. The topological polar surface area (TPSA) is 39.1 Å². The molecule has 1 N–H and O–H groups in total. The summed E-state index contributed by atoms with van der Waals surface area (Å²) >= 11 is 6.25. The van der Waals surface area contributed by atoms with E-state index in [0.717, 1.165) is 22.8 Å². The third kappa shape index (κ3) is 3.10. The predicted molar refractivity (Wildman–Crippen MR) is 72.2 cm³/mol. The van der Waals surface area contributed by atoms with E-state index in [1.54, 1.807) is 19.6 Å². The maximum absolute atomic E-state index is 6.25. The lowest BCUT2D eigenvalue weighted by atomic mass is 10.1. The van der Waals surface area contributed by atoms with E-state index in [1.165, 1.54) is 0 Å². The zero-order valence-corrected chi connectivity index (χ0v) is 11.0. The second kappa shape index (κ2) is 6.54. The van der Waals surface area contributed by atoms with Gasteiger partial charge >= 0.3 is 0 Å². The first kappa shape index (κ1) is 13.1. The molecule has 0 spiro atoms. The normalized spacial score (nSPS) is 10.8. The minimum atomic E-state index is 0.685. The van der Waals surface area contributed by atoms with Crippen LogP contribution in [0, 0.1) is 0 Å². The Morgan fingerprint density at radius 2 is 2.33 bits per heavy atom. The first-order chi connectivity index (χ1) is 8.83. The minimum Gasteiger partial charge on any atom is -0.383 e. The van der Waals surface area contributed by atoms with Gasteiger partial charge in [0, 0.05) is 43.2 Å². The van der Waals surface area contributed by atoms with E-state index in [0.29, 0.717) is 13.2 Å². The Morgan fingerprint density at radius 1 is 1.44 bits per heavy atom. The fourth-order valence-corrected chi connectivity index (χ4v) is 1.99. The number of rotatable bonds is 6. The number of hydrogen-bond acceptors (Lipinski definition) is 3. The number of methoxy groups -OCH3 is 1. The van der Waals surface area contributed by atoms with Crippen molar-refractivity contribution in [1.29, 1.82) is 0 Å². The number of imidazole rings is 1. The van der Waals surface area contributed by atoms with Crippen molar-refractivity contribution in [2.75, 3.05) is 20.3 Å². The molecule has 0 amide bonds. The van der Waals surface area contributed by atoms with E-state index >= 15 is 0 Å². The van der Waals surface area contributed by atoms with Crippen molar-refractivity contribution in [3.8, 4) is 5.69 Å². The zero-order chi connectivity index (χ0) is 12.8. The van der Waals surface area contributed by atoms with E-state index in [4.69, 9.17) is 16.3 Å². The second-order valence-corrected chi connectivity index (χ2v) is 4.28. The van der Waals surface area contributed by atoms with Crippen molar-refractivity contribution in [2.24, 2.45) is 0 Å². The first-order valence-electron chi connectivity index (χ1n) is 5.78. The highest BCUT2D eigenvalue weighted by molar-refractivity contribution is 6.31. The van der Waals surface area contributed by atoms with Gasteiger partial charge in [-0.05, 0) is 12.1 Å². The molecule has 0 saturated heterocycles. The van der Waals surface area contributed by atoms with E-state index in [9.17, 15) is 0 Å². The van der Waals surface area contributed by atoms with Crippen LogP contribution in [-0.4, -0.2) is 29.8 Å². The molecule has 0 aliphatic rings. The maximum Gasteiger partial charge on any atom is 0.0991 e. The smallest absolute Gasteiger partial charge is 0.0991 e. The van der Waals surface area contributed by atoms with Crippen LogP contribution in [0.1, 0.15) is 5.56 Å². The maximum atomic E-state index is 6.25. The highest BCUT2D eigenvalue weighted by atomic mass is 35.5. The summed E-state index contributed by atoms with van der Waals surface area (Å²) in [5.41, 5.74) is 2.11. The second-order valence-electron chi connectivity index (χ2n) is 3.88. The largest absolute Gasteiger partial charge is 0.383 e. The summed E-state index contributed by atoms with van der Waals surface area (Å²) in [6.07, 6.45) is 5.43. The molecule has 0 radical (unpaired) electrons. The van der Waals surface area contributed by atoms with Gasteiger partial charge in [-0.3, -0.25) is 0 Å². The van der Waals surface area contributed by atoms with Gasteiger partial charge in [-0.1, -0.05) is 17.7 Å². The predicted octanol–water partition coefficient (Wildman–Crippen LogP) is 2.26. The van der Waals surface area contributed by atoms with Crippen LogP contribution in [0.4, 0.5) is 0 Å². The quantitative estimate of drug-likeness (QED) is 0.815. The Kier molecular flexibility index (Phi) is 4.75. The van der Waals surface area contributed by atoms with Crippen LogP contribution >= 0.6 is 11.6 Å². The van der Waals surface area contributed by atoms with Crippen LogP contribution in [0.3, 0.4) is 0 Å². The number of benzene rings is 1. The van der Waals surface area contributed by atoms with Gasteiger partial charge in [0.1, 0.15) is 0 Å². The molecule has 1 aromatic heterocycles. The number of halogens is 1. The van der Waals surface area contributed by atoms with Crippen LogP contribution in [-0.2, 0) is 11.3 Å². The van der Waals surface area contributed by atoms with Crippen molar-refractivity contribution >= 4 is 11.6 Å². The van der Waals surface area contributed by atoms with E-state index in [2.05, 4.69) is 10.3 Å². The first-order valence-corrected chi connectivity index (χ1v) is 6.16. The van der Waals surface area contributed by atoms with Gasteiger partial charge in [0.05, 0.1) is 18.6 Å². The van der Waals surface area contributed by atoms with Gasteiger partial charge < -0.3 is 14.6 Å². The monoisotopic (exact) mass is 265 g/mol. The minimum absolute atomic E-state index is 0.685. The Morgan fingerprint density at radius 3 is 3.06 bits per heavy atom. The fraction of sp³-hybridized carbons (Fsp3) is 0.308. The summed E-state index contributed by atoms with van der Waals surface area (Å²) in [6, 6.07) is 5.87. The van der Waals surface area contributed by atoms with E-state index < -0.39 is 0 Å². The molecule has 1 aromatic carbocycles. The van der Waals surface area contributed by atoms with Gasteiger partial charge in [0.25, 0.3) is 0 Å². The number of ether oxygens (including phenoxy) is 1. The molecular formula is C13H16ClN3O. The number of hydrogen-bond donors (Lipinski definition) is 1. The van der Waals surface area contributed by atoms with Crippen molar-refractivity contribution < 1.29 is 4.74 Å². The molecule has 2 rings (SSSR count). The van der Waals surface area contributed by atoms with Gasteiger partial charge in [-0.2, -0.15) is 0 Å². The Labute approximate surface area is 112 Å². The van der Waals surface area contributed by atoms with Crippen LogP contribution in [0.15, 0.2) is 36.9 Å². The number of aromatic nitrogens is 2. The summed E-state index contributed by atoms with van der Waals surface area (Å²) in [7, 11) is 1.69. The molecule has 96 valence electrons. The number of nitrogens with zero attached hydrogens (tertiary/aromatic N) is 2. The third-order valence-corrected chi connectivity index (χ3v) is 3.02. The fourth-order valence-electron chi connectivity index (χ4n) is 1.75. The Hall–Kier alpha value is -1.36. The highest BCUT2D eigenvalue weighted by Gasteiger charge is 2.07. The lowest BCUT2D eigenvalue weighted by Crippen LogP contribution is -2.19. The Bertz CT molecular complexity index is 485. The average molecular weight is 266 g/mol. The number of nitrogens with one attached hydrogen (secondary N) is 1. The molecule has 18 heavy (non-hydrogen) atoms. The standard InChI is InChI=1S/C13H16ClN3O/c1-18-8-6-15-9-11-12(14)3-2-4-13(11)17-7-5-16-10-17/h2-5,7,10,15H,6,8-9H2,1H3. The van der Waals surface area contributed by atoms with Gasteiger partial charge in [0.2, 0.25) is 0 Å². The molecule has 2 aromatic rings. The van der Waals surface area contributed by atoms with Crippen molar-refractivity contribution in [3.63, 3.8) is 0 Å². The summed E-state index contributed by atoms with van der Waals surface area (Å²) in [6.45, 7) is 2.19. The molecular weight excluding hydrogens is 250 g/mol. The van der Waals surface area contributed by atoms with Gasteiger partial charge in [-0.25, -0.2) is 4.98 Å². The third-order valence-electron chi connectivity index (χ3n) is 2.66. The summed E-state index contributed by atoms with van der Waals surface area (Å²) in [5, 5.41) is 4.06. The van der Waals surface area contributed by atoms with Crippen molar-refractivity contribution in [3.05, 3.63) is 47.5 Å². The van der Waals surface area contributed by atoms with Crippen LogP contribution in [0.25, 0.3) is 5.69 Å². The molecule has 1 heterocycles. The lowest BCUT2D eigenvalue weighted by molar-refractivity contribution is 0.199.